The van der Waals surface area contributed by atoms with E-state index in [-0.39, 0.29) is 5.69 Å². The highest BCUT2D eigenvalue weighted by Gasteiger charge is 2.26. The molecule has 2 aromatic rings. The second-order valence-electron chi connectivity index (χ2n) is 4.79. The predicted octanol–water partition coefficient (Wildman–Crippen LogP) is 2.82. The summed E-state index contributed by atoms with van der Waals surface area (Å²) in [5.74, 6) is 1.20. The number of rotatable bonds is 6. The van der Waals surface area contributed by atoms with Crippen LogP contribution in [0.5, 0.6) is 5.75 Å². The second-order valence-corrected chi connectivity index (χ2v) is 5.74. The van der Waals surface area contributed by atoms with Gasteiger partial charge in [-0.3, -0.25) is 10.1 Å². The summed E-state index contributed by atoms with van der Waals surface area (Å²) in [6.07, 6.45) is 4.06. The number of benzene rings is 1. The van der Waals surface area contributed by atoms with Gasteiger partial charge in [0.15, 0.2) is 5.16 Å². The van der Waals surface area contributed by atoms with Gasteiger partial charge in [0, 0.05) is 29.5 Å². The minimum Gasteiger partial charge on any atom is -0.496 e. The van der Waals surface area contributed by atoms with E-state index in [0.717, 1.165) is 23.6 Å². The van der Waals surface area contributed by atoms with Crippen LogP contribution in [-0.4, -0.2) is 26.8 Å². The van der Waals surface area contributed by atoms with E-state index in [1.807, 2.05) is 0 Å². The summed E-state index contributed by atoms with van der Waals surface area (Å²) < 4.78 is 7.33. The Morgan fingerprint density at radius 2 is 2.33 bits per heavy atom. The van der Waals surface area contributed by atoms with Crippen molar-refractivity contribution in [2.75, 3.05) is 7.11 Å². The van der Waals surface area contributed by atoms with E-state index in [9.17, 15) is 10.1 Å². The van der Waals surface area contributed by atoms with Crippen molar-refractivity contribution in [1.82, 2.24) is 14.8 Å². The molecule has 0 saturated heterocycles. The summed E-state index contributed by atoms with van der Waals surface area (Å²) in [7, 11) is 1.56. The smallest absolute Gasteiger partial charge is 0.270 e. The lowest BCUT2D eigenvalue weighted by molar-refractivity contribution is -0.384. The maximum absolute atomic E-state index is 10.9. The lowest BCUT2D eigenvalue weighted by Crippen LogP contribution is -1.97. The molecular weight excluding hydrogens is 292 g/mol. The molecule has 8 heteroatoms. The maximum Gasteiger partial charge on any atom is 0.270 e. The van der Waals surface area contributed by atoms with E-state index >= 15 is 0 Å². The van der Waals surface area contributed by atoms with Crippen molar-refractivity contribution in [3.8, 4) is 5.75 Å². The molecule has 0 spiro atoms. The fourth-order valence-electron chi connectivity index (χ4n) is 2.07. The summed E-state index contributed by atoms with van der Waals surface area (Å²) in [5.41, 5.74) is 0.845. The molecule has 21 heavy (non-hydrogen) atoms. The second kappa shape index (κ2) is 5.72. The third-order valence-electron chi connectivity index (χ3n) is 3.31. The SMILES string of the molecule is COc1ccc([N+](=O)[O-])cc1CSc1nncn1C1CC1. The van der Waals surface area contributed by atoms with Crippen LogP contribution in [0.25, 0.3) is 0 Å². The van der Waals surface area contributed by atoms with Gasteiger partial charge < -0.3 is 9.30 Å². The van der Waals surface area contributed by atoms with Crippen molar-refractivity contribution in [1.29, 1.82) is 0 Å². The third-order valence-corrected chi connectivity index (χ3v) is 4.32. The average Bonchev–Trinajstić information content (AvgIpc) is 3.23. The summed E-state index contributed by atoms with van der Waals surface area (Å²) >= 11 is 1.51. The van der Waals surface area contributed by atoms with Crippen molar-refractivity contribution in [2.24, 2.45) is 0 Å². The average molecular weight is 306 g/mol. The predicted molar refractivity (Wildman–Crippen MR) is 77.5 cm³/mol. The zero-order valence-corrected chi connectivity index (χ0v) is 12.2. The van der Waals surface area contributed by atoms with Crippen molar-refractivity contribution < 1.29 is 9.66 Å². The van der Waals surface area contributed by atoms with Crippen molar-refractivity contribution in [3.63, 3.8) is 0 Å². The highest BCUT2D eigenvalue weighted by molar-refractivity contribution is 7.98. The molecule has 1 aromatic heterocycles. The van der Waals surface area contributed by atoms with Gasteiger partial charge in [-0.15, -0.1) is 10.2 Å². The molecule has 7 nitrogen and oxygen atoms in total. The first kappa shape index (κ1) is 13.9. The number of methoxy groups -OCH3 is 1. The van der Waals surface area contributed by atoms with Crippen LogP contribution in [-0.2, 0) is 5.75 Å². The lowest BCUT2D eigenvalue weighted by atomic mass is 10.2. The van der Waals surface area contributed by atoms with Crippen LogP contribution in [0.15, 0.2) is 29.7 Å². The topological polar surface area (TPSA) is 83.1 Å². The molecule has 1 fully saturated rings. The number of hydrogen-bond acceptors (Lipinski definition) is 6. The minimum absolute atomic E-state index is 0.0649. The van der Waals surface area contributed by atoms with Crippen LogP contribution in [0.2, 0.25) is 0 Å². The number of aromatic nitrogens is 3. The van der Waals surface area contributed by atoms with Gasteiger partial charge in [0.1, 0.15) is 12.1 Å². The molecule has 110 valence electrons. The lowest BCUT2D eigenvalue weighted by Gasteiger charge is -2.08. The monoisotopic (exact) mass is 306 g/mol. The molecule has 0 aliphatic heterocycles. The Hall–Kier alpha value is -2.09. The maximum atomic E-state index is 10.9. The highest BCUT2D eigenvalue weighted by Crippen LogP contribution is 2.38. The Morgan fingerprint density at radius 1 is 1.52 bits per heavy atom. The fraction of sp³-hybridized carbons (Fsp3) is 0.385. The van der Waals surface area contributed by atoms with Gasteiger partial charge >= 0.3 is 0 Å². The molecular formula is C13H14N4O3S. The van der Waals surface area contributed by atoms with Crippen LogP contribution in [0, 0.1) is 10.1 Å². The molecule has 1 aliphatic carbocycles. The van der Waals surface area contributed by atoms with E-state index in [0.29, 0.717) is 17.5 Å². The molecule has 0 unspecified atom stereocenters. The Balaban J connectivity index is 1.78. The van der Waals surface area contributed by atoms with Crippen LogP contribution >= 0.6 is 11.8 Å². The standard InChI is InChI=1S/C13H14N4O3S/c1-20-12-5-4-11(17(18)19)6-9(12)7-21-13-15-14-8-16(13)10-2-3-10/h4-6,8,10H,2-3,7H2,1H3. The molecule has 0 radical (unpaired) electrons. The number of ether oxygens (including phenoxy) is 1. The van der Waals surface area contributed by atoms with E-state index in [2.05, 4.69) is 14.8 Å². The number of thioether (sulfide) groups is 1. The van der Waals surface area contributed by atoms with Gasteiger partial charge in [-0.2, -0.15) is 0 Å². The first-order valence-electron chi connectivity index (χ1n) is 6.52. The van der Waals surface area contributed by atoms with Crippen molar-refractivity contribution >= 4 is 17.4 Å². The van der Waals surface area contributed by atoms with E-state index in [4.69, 9.17) is 4.74 Å². The van der Waals surface area contributed by atoms with Crippen LogP contribution in [0.4, 0.5) is 5.69 Å². The first-order valence-corrected chi connectivity index (χ1v) is 7.51. The third kappa shape index (κ3) is 2.99. The van der Waals surface area contributed by atoms with Gasteiger partial charge in [-0.05, 0) is 18.9 Å². The van der Waals surface area contributed by atoms with Crippen LogP contribution < -0.4 is 4.74 Å². The minimum atomic E-state index is -0.402. The van der Waals surface area contributed by atoms with Crippen LogP contribution in [0.3, 0.4) is 0 Å². The Bertz CT molecular complexity index is 669. The van der Waals surface area contributed by atoms with Crippen LogP contribution in [0.1, 0.15) is 24.4 Å². The number of hydrogen-bond donors (Lipinski definition) is 0. The zero-order valence-electron chi connectivity index (χ0n) is 11.4. The largest absolute Gasteiger partial charge is 0.496 e. The first-order chi connectivity index (χ1) is 10.2. The molecule has 1 heterocycles. The zero-order chi connectivity index (χ0) is 14.8. The van der Waals surface area contributed by atoms with Gasteiger partial charge in [-0.1, -0.05) is 11.8 Å². The van der Waals surface area contributed by atoms with Crippen molar-refractivity contribution in [2.45, 2.75) is 29.8 Å². The van der Waals surface area contributed by atoms with Gasteiger partial charge in [-0.25, -0.2) is 0 Å². The number of nitro benzene ring substituents is 1. The molecule has 1 aromatic carbocycles. The fourth-order valence-corrected chi connectivity index (χ4v) is 3.03. The highest BCUT2D eigenvalue weighted by atomic mass is 32.2. The molecule has 0 amide bonds. The number of nitro groups is 1. The Kier molecular flexibility index (Phi) is 3.78. The summed E-state index contributed by atoms with van der Waals surface area (Å²) in [6.45, 7) is 0. The summed E-state index contributed by atoms with van der Waals surface area (Å²) in [5, 5.41) is 19.8. The molecule has 0 bridgehead atoms. The number of non-ortho nitro benzene ring substituents is 1. The number of nitrogens with zero attached hydrogens (tertiary/aromatic N) is 4. The Morgan fingerprint density at radius 3 is 3.00 bits per heavy atom. The molecule has 3 rings (SSSR count). The van der Waals surface area contributed by atoms with Gasteiger partial charge in [0.05, 0.1) is 12.0 Å². The Labute approximate surface area is 125 Å². The van der Waals surface area contributed by atoms with E-state index in [1.54, 1.807) is 25.6 Å². The quantitative estimate of drug-likeness (QED) is 0.463. The summed E-state index contributed by atoms with van der Waals surface area (Å²) in [6, 6.07) is 5.12. The molecule has 0 N–H and O–H groups in total. The van der Waals surface area contributed by atoms with E-state index in [1.165, 1.54) is 17.8 Å². The summed E-state index contributed by atoms with van der Waals surface area (Å²) in [4.78, 5) is 10.5. The molecule has 1 saturated carbocycles. The van der Waals surface area contributed by atoms with E-state index < -0.39 is 4.92 Å². The molecule has 0 atom stereocenters. The van der Waals surface area contributed by atoms with Gasteiger partial charge in [0.2, 0.25) is 0 Å². The van der Waals surface area contributed by atoms with Crippen molar-refractivity contribution in [3.05, 3.63) is 40.2 Å². The van der Waals surface area contributed by atoms with Gasteiger partial charge in [0.25, 0.3) is 5.69 Å². The molecule has 1 aliphatic rings. The normalized spacial score (nSPS) is 14.1.